The van der Waals surface area contributed by atoms with Crippen molar-refractivity contribution in [3.05, 3.63) is 75.8 Å². The van der Waals surface area contributed by atoms with Crippen LogP contribution in [0.5, 0.6) is 0 Å². The van der Waals surface area contributed by atoms with Gasteiger partial charge in [-0.15, -0.1) is 0 Å². The Morgan fingerprint density at radius 1 is 0.903 bits per heavy atom. The Balaban J connectivity index is 0.000000461. The van der Waals surface area contributed by atoms with Crippen LogP contribution in [0.1, 0.15) is 29.8 Å². The number of Topliss-reactive ketones (excluding diaryl/α,β-unsaturated/α-hetero) is 1. The summed E-state index contributed by atoms with van der Waals surface area (Å²) in [6, 6.07) is 13.4. The molecule has 0 aliphatic heterocycles. The zero-order valence-electron chi connectivity index (χ0n) is 16.7. The smallest absolute Gasteiger partial charge is 0.376 e. The van der Waals surface area contributed by atoms with E-state index in [0.29, 0.717) is 15.6 Å². The second kappa shape index (κ2) is 15.5. The van der Waals surface area contributed by atoms with E-state index in [4.69, 9.17) is 28.3 Å². The van der Waals surface area contributed by atoms with Gasteiger partial charge in [-0.25, -0.2) is 9.59 Å². The third kappa shape index (κ3) is 13.5. The number of ketones is 2. The molecule has 1 N–H and O–H groups in total. The van der Waals surface area contributed by atoms with Crippen LogP contribution in [0.3, 0.4) is 0 Å². The number of halogens is 2. The molecule has 0 heterocycles. The number of benzene rings is 2. The van der Waals surface area contributed by atoms with Gasteiger partial charge in [-0.05, 0) is 42.8 Å². The molecule has 0 aromatic heterocycles. The van der Waals surface area contributed by atoms with Crippen LogP contribution >= 0.6 is 23.2 Å². The fourth-order valence-corrected chi connectivity index (χ4v) is 1.84. The molecular formula is C22H20Cl2O7. The van der Waals surface area contributed by atoms with Crippen molar-refractivity contribution in [3.63, 3.8) is 0 Å². The first-order chi connectivity index (χ1) is 14.6. The molecule has 0 bridgehead atoms. The molecule has 2 aromatic rings. The topological polar surface area (TPSA) is 115 Å². The number of ether oxygens (including phenoxy) is 1. The van der Waals surface area contributed by atoms with Crippen LogP contribution < -0.4 is 0 Å². The first-order valence-electron chi connectivity index (χ1n) is 8.70. The van der Waals surface area contributed by atoms with Crippen LogP contribution in [0, 0.1) is 0 Å². The highest BCUT2D eigenvalue weighted by atomic mass is 35.5. The van der Waals surface area contributed by atoms with Crippen molar-refractivity contribution < 1.29 is 33.8 Å². The number of rotatable bonds is 6. The van der Waals surface area contributed by atoms with Gasteiger partial charge in [-0.2, -0.15) is 0 Å². The Hall–Kier alpha value is -3.29. The van der Waals surface area contributed by atoms with Gasteiger partial charge in [0.15, 0.2) is 0 Å². The SMILES string of the molecule is CCOC(=O)C(C)=O.O=C(O)C(=O)/C=C\c1ccc(Cl)cc1.O=Cc1ccc(Cl)cc1. The van der Waals surface area contributed by atoms with Crippen molar-refractivity contribution in [2.75, 3.05) is 6.61 Å². The number of carboxylic acid groups (broad SMARTS) is 1. The van der Waals surface area contributed by atoms with Gasteiger partial charge in [0, 0.05) is 22.5 Å². The molecule has 0 saturated heterocycles. The van der Waals surface area contributed by atoms with E-state index < -0.39 is 23.5 Å². The summed E-state index contributed by atoms with van der Waals surface area (Å²) in [4.78, 5) is 51.1. The number of carbonyl (C=O) groups excluding carboxylic acids is 4. The summed E-state index contributed by atoms with van der Waals surface area (Å²) in [5.41, 5.74) is 1.38. The summed E-state index contributed by atoms with van der Waals surface area (Å²) >= 11 is 11.2. The monoisotopic (exact) mass is 466 g/mol. The van der Waals surface area contributed by atoms with Gasteiger partial charge in [-0.1, -0.05) is 53.5 Å². The first kappa shape index (κ1) is 27.7. The number of carbonyl (C=O) groups is 5. The van der Waals surface area contributed by atoms with Gasteiger partial charge in [0.1, 0.15) is 6.29 Å². The lowest BCUT2D eigenvalue weighted by Gasteiger charge is -1.93. The van der Waals surface area contributed by atoms with Crippen molar-refractivity contribution >= 4 is 59.1 Å². The molecule has 7 nitrogen and oxygen atoms in total. The molecule has 31 heavy (non-hydrogen) atoms. The highest BCUT2D eigenvalue weighted by Gasteiger charge is 2.05. The van der Waals surface area contributed by atoms with Gasteiger partial charge < -0.3 is 9.84 Å². The van der Waals surface area contributed by atoms with Crippen molar-refractivity contribution in [2.45, 2.75) is 13.8 Å². The van der Waals surface area contributed by atoms with Crippen molar-refractivity contribution in [1.29, 1.82) is 0 Å². The molecule has 0 fully saturated rings. The van der Waals surface area contributed by atoms with E-state index in [2.05, 4.69) is 4.74 Å². The van der Waals surface area contributed by atoms with Gasteiger partial charge in [0.2, 0.25) is 5.78 Å². The summed E-state index contributed by atoms with van der Waals surface area (Å²) in [6.07, 6.45) is 3.22. The normalized spacial score (nSPS) is 9.42. The zero-order valence-corrected chi connectivity index (χ0v) is 18.2. The van der Waals surface area contributed by atoms with Gasteiger partial charge in [-0.3, -0.25) is 14.4 Å². The van der Waals surface area contributed by atoms with Crippen LogP contribution in [0.2, 0.25) is 10.0 Å². The number of aliphatic carboxylic acids is 1. The Morgan fingerprint density at radius 2 is 1.35 bits per heavy atom. The predicted molar refractivity (Wildman–Crippen MR) is 117 cm³/mol. The number of esters is 1. The van der Waals surface area contributed by atoms with E-state index in [1.807, 2.05) is 0 Å². The van der Waals surface area contributed by atoms with Crippen molar-refractivity contribution in [3.8, 4) is 0 Å². The second-order valence-corrected chi connectivity index (χ2v) is 6.37. The van der Waals surface area contributed by atoms with Gasteiger partial charge >= 0.3 is 11.9 Å². The lowest BCUT2D eigenvalue weighted by molar-refractivity contribution is -0.152. The average molecular weight is 467 g/mol. The lowest BCUT2D eigenvalue weighted by atomic mass is 10.2. The minimum atomic E-state index is -1.46. The number of aldehydes is 1. The predicted octanol–water partition coefficient (Wildman–Crippen LogP) is 4.30. The van der Waals surface area contributed by atoms with Crippen molar-refractivity contribution in [1.82, 2.24) is 0 Å². The quantitative estimate of drug-likeness (QED) is 0.292. The fourth-order valence-electron chi connectivity index (χ4n) is 1.59. The Morgan fingerprint density at radius 3 is 1.68 bits per heavy atom. The first-order valence-corrected chi connectivity index (χ1v) is 9.45. The zero-order chi connectivity index (χ0) is 23.8. The minimum Gasteiger partial charge on any atom is -0.475 e. The highest BCUT2D eigenvalue weighted by Crippen LogP contribution is 2.10. The van der Waals surface area contributed by atoms with Crippen LogP contribution in [-0.2, 0) is 23.9 Å². The fraction of sp³-hybridized carbons (Fsp3) is 0.136. The van der Waals surface area contributed by atoms with E-state index in [1.165, 1.54) is 13.0 Å². The molecule has 9 heteroatoms. The minimum absolute atomic E-state index is 0.262. The molecule has 0 spiro atoms. The molecule has 0 saturated carbocycles. The second-order valence-electron chi connectivity index (χ2n) is 5.50. The van der Waals surface area contributed by atoms with Gasteiger partial charge in [0.25, 0.3) is 5.78 Å². The molecular weight excluding hydrogens is 447 g/mol. The molecule has 2 aromatic carbocycles. The average Bonchev–Trinajstić information content (AvgIpc) is 2.74. The third-order valence-corrected chi connectivity index (χ3v) is 3.58. The molecule has 164 valence electrons. The maximum atomic E-state index is 10.7. The van der Waals surface area contributed by atoms with E-state index >= 15 is 0 Å². The van der Waals surface area contributed by atoms with E-state index in [9.17, 15) is 24.0 Å². The Labute approximate surface area is 189 Å². The third-order valence-electron chi connectivity index (χ3n) is 3.08. The van der Waals surface area contributed by atoms with Crippen molar-refractivity contribution in [2.24, 2.45) is 0 Å². The Kier molecular flexibility index (Phi) is 13.9. The molecule has 0 aliphatic rings. The molecule has 2 rings (SSSR count). The number of carboxylic acids is 1. The summed E-state index contributed by atoms with van der Waals surface area (Å²) in [5, 5.41) is 9.53. The molecule has 0 radical (unpaired) electrons. The van der Waals surface area contributed by atoms with Crippen LogP contribution in [0.4, 0.5) is 0 Å². The summed E-state index contributed by atoms with van der Waals surface area (Å²) < 4.78 is 4.31. The standard InChI is InChI=1S/C10H7ClO3.C7H5ClO.C5H8O3/c11-8-4-1-7(2-5-8)3-6-9(12)10(13)14;8-7-3-1-6(5-9)2-4-7;1-3-8-5(7)4(2)6/h1-6H,(H,13,14);1-5H;3H2,1-2H3/b6-3-;;. The largest absolute Gasteiger partial charge is 0.475 e. The molecule has 0 unspecified atom stereocenters. The Bertz CT molecular complexity index is 918. The van der Waals surface area contributed by atoms with E-state index in [0.717, 1.165) is 17.9 Å². The van der Waals surface area contributed by atoms with E-state index in [1.54, 1.807) is 55.5 Å². The van der Waals surface area contributed by atoms with Gasteiger partial charge in [0.05, 0.1) is 6.61 Å². The molecule has 0 aliphatic carbocycles. The van der Waals surface area contributed by atoms with Crippen LogP contribution in [-0.4, -0.2) is 41.5 Å². The van der Waals surface area contributed by atoms with Crippen LogP contribution in [0.15, 0.2) is 54.6 Å². The maximum Gasteiger partial charge on any atom is 0.376 e. The highest BCUT2D eigenvalue weighted by molar-refractivity contribution is 6.38. The van der Waals surface area contributed by atoms with Crippen LogP contribution in [0.25, 0.3) is 6.08 Å². The summed E-state index contributed by atoms with van der Waals surface area (Å²) in [5.74, 6) is -3.71. The summed E-state index contributed by atoms with van der Waals surface area (Å²) in [7, 11) is 0. The lowest BCUT2D eigenvalue weighted by Crippen LogP contribution is -2.12. The molecule has 0 amide bonds. The maximum absolute atomic E-state index is 10.7. The molecule has 0 atom stereocenters. The van der Waals surface area contributed by atoms with E-state index in [-0.39, 0.29) is 6.61 Å². The number of hydrogen-bond donors (Lipinski definition) is 1. The summed E-state index contributed by atoms with van der Waals surface area (Å²) in [6.45, 7) is 3.09. The number of hydrogen-bond acceptors (Lipinski definition) is 6.